The molecular formula is C32H33F3N8O3. The highest BCUT2D eigenvalue weighted by Crippen LogP contribution is 2.45. The zero-order chi connectivity index (χ0) is 32.3. The summed E-state index contributed by atoms with van der Waals surface area (Å²) in [6.07, 6.45) is 1.62. The lowest BCUT2D eigenvalue weighted by molar-refractivity contribution is -0.141. The highest BCUT2D eigenvalue weighted by Gasteiger charge is 2.35. The van der Waals surface area contributed by atoms with E-state index in [0.29, 0.717) is 72.9 Å². The summed E-state index contributed by atoms with van der Waals surface area (Å²) in [5, 5.41) is 3.20. The standard InChI is InChI=1S/C32H33F3N8O3/c1-45-16-25(44)43-13-11-20(12-14-43)23-9-10-24(32(33,34)35)41-27(23)21-5-3-19(4-6-21)15-36-31-40-18-38-29(42-31)26-28(22-7-8-22)37-17-39-30(26)46-2/h3-6,9-10,17-18,20,22H,7-8,11-16H2,1-2H3,(H,36,38,40,42). The van der Waals surface area contributed by atoms with Crippen molar-refractivity contribution in [1.29, 1.82) is 0 Å². The van der Waals surface area contributed by atoms with Crippen LogP contribution < -0.4 is 10.1 Å². The molecule has 46 heavy (non-hydrogen) atoms. The van der Waals surface area contributed by atoms with Gasteiger partial charge in [0.1, 0.15) is 30.5 Å². The highest BCUT2D eigenvalue weighted by atomic mass is 19.4. The predicted octanol–water partition coefficient (Wildman–Crippen LogP) is 5.26. The number of nitrogens with zero attached hydrogens (tertiary/aromatic N) is 7. The first-order valence-corrected chi connectivity index (χ1v) is 15.0. The number of benzene rings is 1. The zero-order valence-corrected chi connectivity index (χ0v) is 25.4. The molecule has 1 aromatic carbocycles. The summed E-state index contributed by atoms with van der Waals surface area (Å²) in [5.41, 5.74) is 3.04. The number of nitrogens with one attached hydrogen (secondary N) is 1. The Morgan fingerprint density at radius 2 is 1.65 bits per heavy atom. The van der Waals surface area contributed by atoms with Gasteiger partial charge in [0.05, 0.1) is 18.5 Å². The van der Waals surface area contributed by atoms with Crippen molar-refractivity contribution in [3.05, 3.63) is 71.6 Å². The first-order valence-electron chi connectivity index (χ1n) is 15.0. The van der Waals surface area contributed by atoms with Gasteiger partial charge in [0.25, 0.3) is 0 Å². The van der Waals surface area contributed by atoms with Crippen LogP contribution in [0, 0.1) is 0 Å². The number of hydrogen-bond acceptors (Lipinski definition) is 10. The van der Waals surface area contributed by atoms with Crippen LogP contribution in [0.25, 0.3) is 22.6 Å². The maximum atomic E-state index is 13.7. The summed E-state index contributed by atoms with van der Waals surface area (Å²) < 4.78 is 51.5. The second kappa shape index (κ2) is 13.3. The Hall–Kier alpha value is -4.72. The van der Waals surface area contributed by atoms with E-state index in [0.717, 1.165) is 35.7 Å². The number of carbonyl (C=O) groups is 1. The molecule has 0 unspecified atom stereocenters. The van der Waals surface area contributed by atoms with Crippen molar-refractivity contribution >= 4 is 11.9 Å². The number of halogens is 3. The molecule has 0 atom stereocenters. The molecule has 1 saturated heterocycles. The van der Waals surface area contributed by atoms with Gasteiger partial charge in [-0.2, -0.15) is 18.2 Å². The third-order valence-corrected chi connectivity index (χ3v) is 8.24. The van der Waals surface area contributed by atoms with E-state index >= 15 is 0 Å². The first kappa shape index (κ1) is 31.3. The minimum absolute atomic E-state index is 0.00545. The molecule has 240 valence electrons. The third kappa shape index (κ3) is 6.91. The molecule has 1 saturated carbocycles. The molecule has 0 spiro atoms. The van der Waals surface area contributed by atoms with Crippen LogP contribution in [0.2, 0.25) is 0 Å². The number of carbonyl (C=O) groups excluding carboxylic acids is 1. The lowest BCUT2D eigenvalue weighted by Crippen LogP contribution is -2.39. The minimum Gasteiger partial charge on any atom is -0.480 e. The van der Waals surface area contributed by atoms with Crippen molar-refractivity contribution in [2.45, 2.75) is 50.2 Å². The molecule has 3 aromatic heterocycles. The van der Waals surface area contributed by atoms with E-state index in [1.807, 2.05) is 12.1 Å². The van der Waals surface area contributed by atoms with Crippen LogP contribution in [0.4, 0.5) is 19.1 Å². The highest BCUT2D eigenvalue weighted by molar-refractivity contribution is 5.77. The Morgan fingerprint density at radius 3 is 2.33 bits per heavy atom. The van der Waals surface area contributed by atoms with Crippen LogP contribution in [0.15, 0.2) is 49.1 Å². The van der Waals surface area contributed by atoms with Gasteiger partial charge in [-0.05, 0) is 48.8 Å². The Morgan fingerprint density at radius 1 is 0.913 bits per heavy atom. The lowest BCUT2D eigenvalue weighted by Gasteiger charge is -2.33. The van der Waals surface area contributed by atoms with Crippen molar-refractivity contribution in [2.24, 2.45) is 0 Å². The largest absolute Gasteiger partial charge is 0.480 e. The Bertz CT molecular complexity index is 1690. The molecule has 0 bridgehead atoms. The number of alkyl halides is 3. The number of aromatic nitrogens is 6. The second-order valence-electron chi connectivity index (χ2n) is 11.3. The number of amides is 1. The monoisotopic (exact) mass is 634 g/mol. The molecule has 1 N–H and O–H groups in total. The Labute approximate surface area is 263 Å². The molecule has 4 heterocycles. The average molecular weight is 635 g/mol. The van der Waals surface area contributed by atoms with Crippen LogP contribution in [0.3, 0.4) is 0 Å². The molecule has 14 heteroatoms. The Balaban J connectivity index is 1.19. The van der Waals surface area contributed by atoms with Crippen LogP contribution in [0.5, 0.6) is 5.88 Å². The smallest absolute Gasteiger partial charge is 0.433 e. The van der Waals surface area contributed by atoms with Crippen molar-refractivity contribution in [3.8, 4) is 28.5 Å². The van der Waals surface area contributed by atoms with Gasteiger partial charge in [-0.3, -0.25) is 4.79 Å². The molecule has 1 aliphatic carbocycles. The van der Waals surface area contributed by atoms with E-state index in [2.05, 4.69) is 35.2 Å². The number of methoxy groups -OCH3 is 2. The first-order chi connectivity index (χ1) is 22.2. The second-order valence-corrected chi connectivity index (χ2v) is 11.3. The molecule has 1 aliphatic heterocycles. The van der Waals surface area contributed by atoms with Gasteiger partial charge in [-0.15, -0.1) is 0 Å². The summed E-state index contributed by atoms with van der Waals surface area (Å²) in [7, 11) is 3.01. The van der Waals surface area contributed by atoms with Gasteiger partial charge < -0.3 is 19.7 Å². The van der Waals surface area contributed by atoms with Crippen LogP contribution >= 0.6 is 0 Å². The van der Waals surface area contributed by atoms with Crippen LogP contribution in [-0.2, 0) is 22.3 Å². The van der Waals surface area contributed by atoms with Gasteiger partial charge in [-0.25, -0.2) is 24.9 Å². The number of likely N-dealkylation sites (tertiary alicyclic amines) is 1. The van der Waals surface area contributed by atoms with Crippen molar-refractivity contribution < 1.29 is 27.4 Å². The number of ether oxygens (including phenoxy) is 2. The van der Waals surface area contributed by atoms with Gasteiger partial charge in [-0.1, -0.05) is 30.3 Å². The fourth-order valence-corrected chi connectivity index (χ4v) is 5.72. The molecular weight excluding hydrogens is 601 g/mol. The van der Waals surface area contributed by atoms with E-state index in [1.54, 1.807) is 24.1 Å². The third-order valence-electron chi connectivity index (χ3n) is 8.24. The summed E-state index contributed by atoms with van der Waals surface area (Å²) in [4.78, 5) is 39.9. The molecule has 11 nitrogen and oxygen atoms in total. The van der Waals surface area contributed by atoms with Gasteiger partial charge in [0.2, 0.25) is 17.7 Å². The summed E-state index contributed by atoms with van der Waals surface area (Å²) in [5.74, 6) is 1.34. The number of pyridine rings is 1. The number of rotatable bonds is 10. The van der Waals surface area contributed by atoms with Crippen LogP contribution in [0.1, 0.15) is 60.0 Å². The number of hydrogen-bond donors (Lipinski definition) is 1. The van der Waals surface area contributed by atoms with Gasteiger partial charge in [0.15, 0.2) is 5.82 Å². The predicted molar refractivity (Wildman–Crippen MR) is 162 cm³/mol. The quantitative estimate of drug-likeness (QED) is 0.247. The molecule has 6 rings (SSSR count). The molecule has 4 aromatic rings. The zero-order valence-electron chi connectivity index (χ0n) is 25.4. The maximum Gasteiger partial charge on any atom is 0.433 e. The van der Waals surface area contributed by atoms with Gasteiger partial charge in [0, 0.05) is 38.2 Å². The minimum atomic E-state index is -4.58. The van der Waals surface area contributed by atoms with E-state index < -0.39 is 11.9 Å². The molecule has 1 amide bonds. The SMILES string of the molecule is COCC(=O)N1CCC(c2ccc(C(F)(F)F)nc2-c2ccc(CNc3ncnc(-c4c(OC)ncnc4C4CC4)n3)cc2)CC1. The van der Waals surface area contributed by atoms with E-state index in [4.69, 9.17) is 9.47 Å². The van der Waals surface area contributed by atoms with Crippen molar-refractivity contribution in [1.82, 2.24) is 34.8 Å². The molecule has 2 fully saturated rings. The fourth-order valence-electron chi connectivity index (χ4n) is 5.72. The number of anilines is 1. The normalized spacial score (nSPS) is 15.5. The lowest BCUT2D eigenvalue weighted by atomic mass is 9.86. The van der Waals surface area contributed by atoms with E-state index in [9.17, 15) is 18.0 Å². The average Bonchev–Trinajstić information content (AvgIpc) is 3.93. The fraction of sp³-hybridized carbons (Fsp3) is 0.406. The van der Waals surface area contributed by atoms with E-state index in [-0.39, 0.29) is 18.4 Å². The summed E-state index contributed by atoms with van der Waals surface area (Å²) in [6.45, 7) is 1.37. The maximum absolute atomic E-state index is 13.7. The van der Waals surface area contributed by atoms with Crippen molar-refractivity contribution in [2.75, 3.05) is 39.2 Å². The number of piperidine rings is 1. The van der Waals surface area contributed by atoms with Crippen LogP contribution in [-0.4, -0.2) is 74.6 Å². The van der Waals surface area contributed by atoms with Crippen molar-refractivity contribution in [3.63, 3.8) is 0 Å². The van der Waals surface area contributed by atoms with E-state index in [1.165, 1.54) is 25.8 Å². The molecule has 2 aliphatic rings. The summed E-state index contributed by atoms with van der Waals surface area (Å²) in [6, 6.07) is 9.77. The topological polar surface area (TPSA) is 128 Å². The Kier molecular flexibility index (Phi) is 9.06. The van der Waals surface area contributed by atoms with Gasteiger partial charge >= 0.3 is 6.18 Å². The molecule has 0 radical (unpaired) electrons. The summed E-state index contributed by atoms with van der Waals surface area (Å²) >= 11 is 0.